The number of nitrogens with two attached hydrogens (primary N) is 1. The summed E-state index contributed by atoms with van der Waals surface area (Å²) in [7, 11) is 0. The van der Waals surface area contributed by atoms with Crippen LogP contribution in [0.4, 0.5) is 0 Å². The Morgan fingerprint density at radius 1 is 0.913 bits per heavy atom. The van der Waals surface area contributed by atoms with Crippen molar-refractivity contribution in [1.29, 1.82) is 0 Å². The van der Waals surface area contributed by atoms with Gasteiger partial charge in [0.05, 0.1) is 0 Å². The van der Waals surface area contributed by atoms with Gasteiger partial charge in [-0.3, -0.25) is 0 Å². The second-order valence-electron chi connectivity index (χ2n) is 6.12. The van der Waals surface area contributed by atoms with E-state index in [4.69, 9.17) is 10.3 Å². The number of nitrogens with zero attached hydrogens (tertiary/aromatic N) is 2. The molecule has 0 fully saturated rings. The quantitative estimate of drug-likeness (QED) is 0.619. The zero-order chi connectivity index (χ0) is 16.3. The minimum absolute atomic E-state index is 0.644. The molecule has 2 N–H and O–H groups in total. The average Bonchev–Trinajstić information content (AvgIpc) is 3.05. The first kappa shape index (κ1) is 17.7. The van der Waals surface area contributed by atoms with Crippen molar-refractivity contribution >= 4 is 0 Å². The van der Waals surface area contributed by atoms with E-state index in [1.807, 2.05) is 0 Å². The summed E-state index contributed by atoms with van der Waals surface area (Å²) in [6.45, 7) is 2.90. The van der Waals surface area contributed by atoms with E-state index in [1.165, 1.54) is 44.1 Å². The van der Waals surface area contributed by atoms with Crippen LogP contribution in [-0.4, -0.2) is 16.7 Å². The molecule has 126 valence electrons. The maximum atomic E-state index is 5.49. The van der Waals surface area contributed by atoms with E-state index in [1.54, 1.807) is 0 Å². The van der Waals surface area contributed by atoms with Gasteiger partial charge in [-0.1, -0.05) is 68.4 Å². The molecule has 4 nitrogen and oxygen atoms in total. The van der Waals surface area contributed by atoms with E-state index in [2.05, 4.69) is 41.3 Å². The first-order valence-electron chi connectivity index (χ1n) is 8.95. The molecule has 0 aliphatic rings. The third-order valence-corrected chi connectivity index (χ3v) is 4.09. The molecule has 0 aliphatic carbocycles. The van der Waals surface area contributed by atoms with Crippen molar-refractivity contribution < 1.29 is 4.52 Å². The third-order valence-electron chi connectivity index (χ3n) is 4.09. The number of aryl methyl sites for hydroxylation is 2. The Morgan fingerprint density at radius 3 is 2.39 bits per heavy atom. The summed E-state index contributed by atoms with van der Waals surface area (Å²) in [5.74, 6) is 1.34. The van der Waals surface area contributed by atoms with Gasteiger partial charge in [0.2, 0.25) is 11.7 Å². The van der Waals surface area contributed by atoms with Crippen molar-refractivity contribution in [2.75, 3.05) is 6.54 Å². The maximum Gasteiger partial charge on any atom is 0.227 e. The molecule has 0 radical (unpaired) electrons. The van der Waals surface area contributed by atoms with E-state index in [-0.39, 0.29) is 0 Å². The van der Waals surface area contributed by atoms with Crippen molar-refractivity contribution in [3.05, 3.63) is 35.7 Å². The number of hydrogen-bond acceptors (Lipinski definition) is 4. The predicted molar refractivity (Wildman–Crippen MR) is 94.2 cm³/mol. The molecule has 0 unspecified atom stereocenters. The first-order valence-corrected chi connectivity index (χ1v) is 8.95. The van der Waals surface area contributed by atoms with Gasteiger partial charge >= 0.3 is 0 Å². The van der Waals surface area contributed by atoms with Gasteiger partial charge in [0.25, 0.3) is 0 Å². The summed E-state index contributed by atoms with van der Waals surface area (Å²) in [5, 5.41) is 4.05. The van der Waals surface area contributed by atoms with Crippen LogP contribution in [0.25, 0.3) is 11.4 Å². The molecular weight excluding hydrogens is 286 g/mol. The predicted octanol–water partition coefficient (Wildman–Crippen LogP) is 4.53. The smallest absolute Gasteiger partial charge is 0.227 e. The van der Waals surface area contributed by atoms with Gasteiger partial charge in [-0.25, -0.2) is 0 Å². The van der Waals surface area contributed by atoms with Gasteiger partial charge < -0.3 is 10.3 Å². The molecule has 1 aromatic heterocycles. The Bertz CT molecular complexity index is 548. The average molecular weight is 315 g/mol. The van der Waals surface area contributed by atoms with Crippen molar-refractivity contribution in [1.82, 2.24) is 10.1 Å². The van der Waals surface area contributed by atoms with Gasteiger partial charge in [-0.05, 0) is 31.4 Å². The fraction of sp³-hybridized carbons (Fsp3) is 0.579. The molecule has 0 aliphatic heterocycles. The fourth-order valence-corrected chi connectivity index (χ4v) is 2.66. The molecular formula is C19H29N3O. The molecule has 4 heteroatoms. The Morgan fingerprint density at radius 2 is 1.65 bits per heavy atom. The molecule has 1 aromatic carbocycles. The third kappa shape index (κ3) is 6.14. The summed E-state index contributed by atoms with van der Waals surface area (Å²) < 4.78 is 5.25. The van der Waals surface area contributed by atoms with E-state index < -0.39 is 0 Å². The molecule has 1 heterocycles. The second kappa shape index (κ2) is 10.2. The topological polar surface area (TPSA) is 64.9 Å². The van der Waals surface area contributed by atoms with Crippen molar-refractivity contribution in [2.24, 2.45) is 5.73 Å². The van der Waals surface area contributed by atoms with Crippen molar-refractivity contribution in [3.63, 3.8) is 0 Å². The van der Waals surface area contributed by atoms with E-state index in [9.17, 15) is 0 Å². The second-order valence-corrected chi connectivity index (χ2v) is 6.12. The number of aromatic nitrogens is 2. The summed E-state index contributed by atoms with van der Waals surface area (Å²) >= 11 is 0. The lowest BCUT2D eigenvalue weighted by atomic mass is 10.0. The van der Waals surface area contributed by atoms with Gasteiger partial charge in [0.1, 0.15) is 0 Å². The highest BCUT2D eigenvalue weighted by atomic mass is 16.5. The van der Waals surface area contributed by atoms with Crippen LogP contribution in [0, 0.1) is 0 Å². The van der Waals surface area contributed by atoms with Gasteiger partial charge in [-0.15, -0.1) is 0 Å². The summed E-state index contributed by atoms with van der Waals surface area (Å²) in [6.07, 6.45) is 10.8. The highest BCUT2D eigenvalue weighted by Gasteiger charge is 2.08. The Balaban J connectivity index is 1.78. The Kier molecular flexibility index (Phi) is 7.81. The van der Waals surface area contributed by atoms with Crippen LogP contribution in [0.1, 0.15) is 63.3 Å². The Hall–Kier alpha value is -1.68. The van der Waals surface area contributed by atoms with E-state index in [0.717, 1.165) is 24.8 Å². The lowest BCUT2D eigenvalue weighted by Crippen LogP contribution is -2.00. The summed E-state index contributed by atoms with van der Waals surface area (Å²) in [5.41, 5.74) is 7.89. The van der Waals surface area contributed by atoms with Crippen LogP contribution >= 0.6 is 0 Å². The number of unbranched alkanes of at least 4 members (excludes halogenated alkanes) is 5. The summed E-state index contributed by atoms with van der Waals surface area (Å²) in [4.78, 5) is 4.42. The van der Waals surface area contributed by atoms with E-state index in [0.29, 0.717) is 18.3 Å². The molecule has 2 rings (SSSR count). The monoisotopic (exact) mass is 315 g/mol. The molecule has 23 heavy (non-hydrogen) atoms. The van der Waals surface area contributed by atoms with Crippen LogP contribution in [0.15, 0.2) is 28.8 Å². The Labute approximate surface area is 139 Å². The molecule has 0 bridgehead atoms. The fourth-order valence-electron chi connectivity index (χ4n) is 2.66. The van der Waals surface area contributed by atoms with Crippen LogP contribution in [-0.2, 0) is 12.8 Å². The van der Waals surface area contributed by atoms with Gasteiger partial charge in [0.15, 0.2) is 0 Å². The first-order chi connectivity index (χ1) is 11.3. The lowest BCUT2D eigenvalue weighted by molar-refractivity contribution is 0.376. The highest BCUT2D eigenvalue weighted by molar-refractivity contribution is 5.54. The van der Waals surface area contributed by atoms with Gasteiger partial charge in [-0.2, -0.15) is 4.98 Å². The van der Waals surface area contributed by atoms with Crippen LogP contribution in [0.5, 0.6) is 0 Å². The summed E-state index contributed by atoms with van der Waals surface area (Å²) in [6, 6.07) is 8.53. The van der Waals surface area contributed by atoms with Crippen molar-refractivity contribution in [3.8, 4) is 11.4 Å². The zero-order valence-corrected chi connectivity index (χ0v) is 14.3. The van der Waals surface area contributed by atoms with Crippen molar-refractivity contribution in [2.45, 2.75) is 64.7 Å². The minimum Gasteiger partial charge on any atom is -0.339 e. The standard InChI is InChI=1S/C19H29N3O/c1-2-3-4-5-6-7-9-16-11-13-17(14-12-16)19-21-18(23-22-19)10-8-15-20/h11-14H,2-10,15,20H2,1H3. The molecule has 2 aromatic rings. The largest absolute Gasteiger partial charge is 0.339 e. The molecule has 0 atom stereocenters. The number of benzene rings is 1. The normalized spacial score (nSPS) is 11.0. The maximum absolute atomic E-state index is 5.49. The van der Waals surface area contributed by atoms with Crippen LogP contribution in [0.3, 0.4) is 0 Å². The molecule has 0 spiro atoms. The van der Waals surface area contributed by atoms with Gasteiger partial charge in [0, 0.05) is 12.0 Å². The van der Waals surface area contributed by atoms with E-state index >= 15 is 0 Å². The van der Waals surface area contributed by atoms with Crippen LogP contribution in [0.2, 0.25) is 0 Å². The number of hydrogen-bond donors (Lipinski definition) is 1. The van der Waals surface area contributed by atoms with Crippen LogP contribution < -0.4 is 5.73 Å². The molecule has 0 saturated heterocycles. The minimum atomic E-state index is 0.644. The molecule has 0 saturated carbocycles. The SMILES string of the molecule is CCCCCCCCc1ccc(-c2noc(CCCN)n2)cc1. The highest BCUT2D eigenvalue weighted by Crippen LogP contribution is 2.18. The zero-order valence-electron chi connectivity index (χ0n) is 14.3. The lowest BCUT2D eigenvalue weighted by Gasteiger charge is -2.03. The molecule has 0 amide bonds. The number of rotatable bonds is 11.